The standard InChI is InChI=1S/C15H16BrClN2O2/c1-15(9-2-3-9)14(21)19(7-6-13(20)18-15)12-5-4-10(16)8-11(12)17/h4-5,8-9H,2-3,6-7H2,1H3,(H,18,20). The molecular formula is C15H16BrClN2O2. The van der Waals surface area contributed by atoms with Crippen LogP contribution in [-0.2, 0) is 9.59 Å². The number of hydrogen-bond acceptors (Lipinski definition) is 2. The Balaban J connectivity index is 2.00. The number of amides is 2. The topological polar surface area (TPSA) is 49.4 Å². The van der Waals surface area contributed by atoms with Crippen LogP contribution in [0.5, 0.6) is 0 Å². The van der Waals surface area contributed by atoms with E-state index < -0.39 is 5.54 Å². The molecule has 1 atom stereocenters. The van der Waals surface area contributed by atoms with Gasteiger partial charge in [0.15, 0.2) is 0 Å². The molecule has 3 rings (SSSR count). The summed E-state index contributed by atoms with van der Waals surface area (Å²) in [4.78, 5) is 26.6. The van der Waals surface area contributed by atoms with Crippen LogP contribution in [0.3, 0.4) is 0 Å². The number of carbonyl (C=O) groups excluding carboxylic acids is 2. The minimum absolute atomic E-state index is 0.0694. The second-order valence-corrected chi connectivity index (χ2v) is 7.15. The SMILES string of the molecule is CC1(C2CC2)NC(=O)CCN(c2ccc(Br)cc2Cl)C1=O. The highest BCUT2D eigenvalue weighted by molar-refractivity contribution is 9.10. The fraction of sp³-hybridized carbons (Fsp3) is 0.467. The minimum atomic E-state index is -0.815. The zero-order valence-electron chi connectivity index (χ0n) is 11.7. The van der Waals surface area contributed by atoms with Crippen molar-refractivity contribution < 1.29 is 9.59 Å². The molecule has 1 aliphatic heterocycles. The molecule has 4 nitrogen and oxygen atoms in total. The minimum Gasteiger partial charge on any atom is -0.342 e. The van der Waals surface area contributed by atoms with E-state index in [0.717, 1.165) is 17.3 Å². The van der Waals surface area contributed by atoms with Gasteiger partial charge >= 0.3 is 0 Å². The van der Waals surface area contributed by atoms with Gasteiger partial charge in [0.25, 0.3) is 5.91 Å². The molecule has 0 aromatic heterocycles. The number of benzene rings is 1. The third-order valence-corrected chi connectivity index (χ3v) is 5.04. The number of anilines is 1. The van der Waals surface area contributed by atoms with Crippen molar-refractivity contribution in [1.82, 2.24) is 5.32 Å². The lowest BCUT2D eigenvalue weighted by atomic mass is 9.94. The Morgan fingerprint density at radius 2 is 2.10 bits per heavy atom. The lowest BCUT2D eigenvalue weighted by molar-refractivity contribution is -0.130. The highest BCUT2D eigenvalue weighted by Gasteiger charge is 2.51. The molecule has 2 fully saturated rings. The van der Waals surface area contributed by atoms with Crippen molar-refractivity contribution in [3.05, 3.63) is 27.7 Å². The van der Waals surface area contributed by atoms with Gasteiger partial charge in [-0.25, -0.2) is 0 Å². The Morgan fingerprint density at radius 3 is 2.71 bits per heavy atom. The largest absolute Gasteiger partial charge is 0.342 e. The average molecular weight is 372 g/mol. The fourth-order valence-corrected chi connectivity index (χ4v) is 3.64. The van der Waals surface area contributed by atoms with Crippen molar-refractivity contribution in [1.29, 1.82) is 0 Å². The van der Waals surface area contributed by atoms with Crippen molar-refractivity contribution in [2.45, 2.75) is 31.7 Å². The number of carbonyl (C=O) groups is 2. The summed E-state index contributed by atoms with van der Waals surface area (Å²) in [5, 5.41) is 3.42. The first-order valence-electron chi connectivity index (χ1n) is 7.00. The smallest absolute Gasteiger partial charge is 0.252 e. The maximum atomic E-state index is 13.0. The Hall–Kier alpha value is -1.07. The average Bonchev–Trinajstić information content (AvgIpc) is 3.24. The Bertz CT molecular complexity index is 618. The molecule has 2 aliphatic rings. The normalized spacial score (nSPS) is 26.5. The molecule has 2 amide bonds. The van der Waals surface area contributed by atoms with Crippen LogP contribution in [0.15, 0.2) is 22.7 Å². The maximum absolute atomic E-state index is 13.0. The highest BCUT2D eigenvalue weighted by Crippen LogP contribution is 2.42. The van der Waals surface area contributed by atoms with Crippen LogP contribution in [0.25, 0.3) is 0 Å². The maximum Gasteiger partial charge on any atom is 0.252 e. The molecule has 1 saturated carbocycles. The molecule has 1 N–H and O–H groups in total. The molecule has 112 valence electrons. The van der Waals surface area contributed by atoms with Crippen molar-refractivity contribution >= 4 is 45.0 Å². The summed E-state index contributed by atoms with van der Waals surface area (Å²) in [5.41, 5.74) is -0.155. The first-order valence-corrected chi connectivity index (χ1v) is 8.17. The summed E-state index contributed by atoms with van der Waals surface area (Å²) in [6.45, 7) is 2.18. The molecule has 1 aromatic rings. The van der Waals surface area contributed by atoms with E-state index in [1.54, 1.807) is 11.0 Å². The lowest BCUT2D eigenvalue weighted by Gasteiger charge is -2.32. The van der Waals surface area contributed by atoms with E-state index in [9.17, 15) is 9.59 Å². The van der Waals surface area contributed by atoms with Gasteiger partial charge in [0.2, 0.25) is 5.91 Å². The summed E-state index contributed by atoms with van der Waals surface area (Å²) >= 11 is 9.64. The Morgan fingerprint density at radius 1 is 1.38 bits per heavy atom. The molecule has 0 bridgehead atoms. The third kappa shape index (κ3) is 2.69. The van der Waals surface area contributed by atoms with E-state index in [0.29, 0.717) is 23.7 Å². The molecule has 1 heterocycles. The molecule has 0 spiro atoms. The first kappa shape index (κ1) is 14.9. The summed E-state index contributed by atoms with van der Waals surface area (Å²) in [5.74, 6) is 0.0809. The molecular weight excluding hydrogens is 356 g/mol. The second-order valence-electron chi connectivity index (χ2n) is 5.83. The van der Waals surface area contributed by atoms with Crippen LogP contribution in [-0.4, -0.2) is 23.9 Å². The summed E-state index contributed by atoms with van der Waals surface area (Å²) in [6.07, 6.45) is 2.25. The van der Waals surface area contributed by atoms with Gasteiger partial charge in [-0.05, 0) is 43.9 Å². The molecule has 21 heavy (non-hydrogen) atoms. The zero-order valence-corrected chi connectivity index (χ0v) is 14.0. The van der Waals surface area contributed by atoms with Crippen LogP contribution >= 0.6 is 27.5 Å². The van der Waals surface area contributed by atoms with Gasteiger partial charge in [-0.1, -0.05) is 27.5 Å². The first-order chi connectivity index (χ1) is 9.91. The van der Waals surface area contributed by atoms with E-state index in [4.69, 9.17) is 11.6 Å². The van der Waals surface area contributed by atoms with E-state index in [-0.39, 0.29) is 17.7 Å². The van der Waals surface area contributed by atoms with Crippen LogP contribution in [0, 0.1) is 5.92 Å². The monoisotopic (exact) mass is 370 g/mol. The summed E-state index contributed by atoms with van der Waals surface area (Å²) < 4.78 is 0.859. The molecule has 1 aliphatic carbocycles. The summed E-state index contributed by atoms with van der Waals surface area (Å²) in [7, 11) is 0. The fourth-order valence-electron chi connectivity index (χ4n) is 2.87. The second kappa shape index (κ2) is 5.29. The molecule has 0 radical (unpaired) electrons. The van der Waals surface area contributed by atoms with Crippen LogP contribution in [0.1, 0.15) is 26.2 Å². The zero-order chi connectivity index (χ0) is 15.2. The number of hydrogen-bond donors (Lipinski definition) is 1. The Labute approximate surface area is 137 Å². The van der Waals surface area contributed by atoms with E-state index >= 15 is 0 Å². The van der Waals surface area contributed by atoms with E-state index in [1.807, 2.05) is 19.1 Å². The predicted molar refractivity (Wildman–Crippen MR) is 85.4 cm³/mol. The van der Waals surface area contributed by atoms with Crippen molar-refractivity contribution in [2.75, 3.05) is 11.4 Å². The van der Waals surface area contributed by atoms with Gasteiger partial charge in [0.1, 0.15) is 5.54 Å². The molecule has 1 saturated heterocycles. The van der Waals surface area contributed by atoms with E-state index in [1.165, 1.54) is 0 Å². The van der Waals surface area contributed by atoms with E-state index in [2.05, 4.69) is 21.2 Å². The van der Waals surface area contributed by atoms with Gasteiger partial charge in [-0.3, -0.25) is 9.59 Å². The number of rotatable bonds is 2. The van der Waals surface area contributed by atoms with Gasteiger partial charge in [0, 0.05) is 17.4 Å². The highest BCUT2D eigenvalue weighted by atomic mass is 79.9. The Kier molecular flexibility index (Phi) is 3.74. The van der Waals surface area contributed by atoms with Crippen LogP contribution in [0.4, 0.5) is 5.69 Å². The van der Waals surface area contributed by atoms with Gasteiger partial charge in [-0.15, -0.1) is 0 Å². The van der Waals surface area contributed by atoms with Crippen molar-refractivity contribution in [3.8, 4) is 0 Å². The third-order valence-electron chi connectivity index (χ3n) is 4.25. The molecule has 1 aromatic carbocycles. The van der Waals surface area contributed by atoms with Crippen molar-refractivity contribution in [2.24, 2.45) is 5.92 Å². The quantitative estimate of drug-likeness (QED) is 0.868. The number of halogens is 2. The van der Waals surface area contributed by atoms with Gasteiger partial charge < -0.3 is 10.2 Å². The molecule has 6 heteroatoms. The van der Waals surface area contributed by atoms with Crippen LogP contribution < -0.4 is 10.2 Å². The molecule has 1 unspecified atom stereocenters. The van der Waals surface area contributed by atoms with Crippen molar-refractivity contribution in [3.63, 3.8) is 0 Å². The summed E-state index contributed by atoms with van der Waals surface area (Å²) in [6, 6.07) is 5.43. The predicted octanol–water partition coefficient (Wildman–Crippen LogP) is 3.12. The van der Waals surface area contributed by atoms with Crippen LogP contribution in [0.2, 0.25) is 5.02 Å². The number of nitrogens with zero attached hydrogens (tertiary/aromatic N) is 1. The lowest BCUT2D eigenvalue weighted by Crippen LogP contribution is -2.57. The number of nitrogens with one attached hydrogen (secondary N) is 1. The van der Waals surface area contributed by atoms with Gasteiger partial charge in [0.05, 0.1) is 10.7 Å². The van der Waals surface area contributed by atoms with Gasteiger partial charge in [-0.2, -0.15) is 0 Å².